The van der Waals surface area contributed by atoms with Crippen LogP contribution in [0.3, 0.4) is 0 Å². The number of amides is 1. The van der Waals surface area contributed by atoms with Gasteiger partial charge in [0.05, 0.1) is 25.7 Å². The maximum atomic E-state index is 11.9. The number of aliphatic hydroxyl groups excluding tert-OH is 1. The first-order valence-electron chi connectivity index (χ1n) is 6.18. The summed E-state index contributed by atoms with van der Waals surface area (Å²) in [6, 6.07) is 7.48. The number of hydrogen-bond acceptors (Lipinski definition) is 3. The maximum absolute atomic E-state index is 11.9. The van der Waals surface area contributed by atoms with E-state index in [9.17, 15) is 4.79 Å². The fourth-order valence-electron chi connectivity index (χ4n) is 2.07. The van der Waals surface area contributed by atoms with Gasteiger partial charge >= 0.3 is 0 Å². The van der Waals surface area contributed by atoms with Crippen molar-refractivity contribution in [2.45, 2.75) is 12.5 Å². The zero-order valence-corrected chi connectivity index (χ0v) is 10.8. The lowest BCUT2D eigenvalue weighted by Crippen LogP contribution is -2.41. The molecule has 1 unspecified atom stereocenters. The number of fused-ring (bicyclic) bond motifs is 1. The minimum absolute atomic E-state index is 0.124. The Hall–Kier alpha value is -1.85. The number of aromatic nitrogens is 1. The van der Waals surface area contributed by atoms with Gasteiger partial charge in [0.15, 0.2) is 0 Å². The summed E-state index contributed by atoms with van der Waals surface area (Å²) in [5.41, 5.74) is 1.96. The fraction of sp³-hybridized carbons (Fsp3) is 0.357. The third-order valence-electron chi connectivity index (χ3n) is 2.98. The second-order valence-corrected chi connectivity index (χ2v) is 4.44. The quantitative estimate of drug-likeness (QED) is 0.722. The van der Waals surface area contributed by atoms with Crippen LogP contribution in [0.25, 0.3) is 10.9 Å². The van der Waals surface area contributed by atoms with Crippen molar-refractivity contribution in [3.8, 4) is 0 Å². The molecule has 0 radical (unpaired) electrons. The Morgan fingerprint density at radius 2 is 2.26 bits per heavy atom. The lowest BCUT2D eigenvalue weighted by atomic mass is 10.1. The van der Waals surface area contributed by atoms with Crippen molar-refractivity contribution in [3.63, 3.8) is 0 Å². The molecule has 5 heteroatoms. The lowest BCUT2D eigenvalue weighted by Gasteiger charge is -2.14. The first-order chi connectivity index (χ1) is 9.24. The molecule has 1 aromatic carbocycles. The van der Waals surface area contributed by atoms with Crippen molar-refractivity contribution in [1.29, 1.82) is 0 Å². The lowest BCUT2D eigenvalue weighted by molar-refractivity contribution is -0.121. The number of benzene rings is 1. The molecule has 0 aliphatic heterocycles. The van der Waals surface area contributed by atoms with E-state index < -0.39 is 0 Å². The van der Waals surface area contributed by atoms with Crippen LogP contribution in [-0.2, 0) is 16.0 Å². The molecule has 1 aromatic heterocycles. The SMILES string of the molecule is COCC(CO)NC(=O)Cc1c[nH]c2ccccc12. The molecule has 0 fully saturated rings. The number of carbonyl (C=O) groups is 1. The number of H-pyrrole nitrogens is 1. The van der Waals surface area contributed by atoms with Gasteiger partial charge < -0.3 is 20.1 Å². The smallest absolute Gasteiger partial charge is 0.224 e. The highest BCUT2D eigenvalue weighted by Crippen LogP contribution is 2.17. The van der Waals surface area contributed by atoms with Gasteiger partial charge in [-0.05, 0) is 11.6 Å². The Labute approximate surface area is 111 Å². The van der Waals surface area contributed by atoms with Gasteiger partial charge in [-0.2, -0.15) is 0 Å². The van der Waals surface area contributed by atoms with Crippen LogP contribution in [0.2, 0.25) is 0 Å². The average Bonchev–Trinajstić information content (AvgIpc) is 2.82. The van der Waals surface area contributed by atoms with Gasteiger partial charge in [-0.3, -0.25) is 4.79 Å². The third kappa shape index (κ3) is 3.33. The second kappa shape index (κ2) is 6.36. The Kier molecular flexibility index (Phi) is 4.54. The summed E-state index contributed by atoms with van der Waals surface area (Å²) < 4.78 is 4.92. The number of para-hydroxylation sites is 1. The van der Waals surface area contributed by atoms with Gasteiger partial charge in [0, 0.05) is 24.2 Å². The van der Waals surface area contributed by atoms with Crippen molar-refractivity contribution in [1.82, 2.24) is 10.3 Å². The minimum Gasteiger partial charge on any atom is -0.394 e. The molecule has 0 saturated heterocycles. The number of rotatable bonds is 6. The Bertz CT molecular complexity index is 550. The highest BCUT2D eigenvalue weighted by molar-refractivity contribution is 5.88. The second-order valence-electron chi connectivity index (χ2n) is 4.44. The summed E-state index contributed by atoms with van der Waals surface area (Å²) in [6.07, 6.45) is 2.12. The number of hydrogen-bond donors (Lipinski definition) is 3. The largest absolute Gasteiger partial charge is 0.394 e. The normalized spacial score (nSPS) is 12.5. The molecule has 2 aromatic rings. The molecule has 2 rings (SSSR count). The molecule has 0 aliphatic carbocycles. The molecule has 0 bridgehead atoms. The van der Waals surface area contributed by atoms with E-state index in [1.54, 1.807) is 0 Å². The van der Waals surface area contributed by atoms with Gasteiger partial charge in [0.2, 0.25) is 5.91 Å². The number of ether oxygens (including phenoxy) is 1. The zero-order chi connectivity index (χ0) is 13.7. The van der Waals surface area contributed by atoms with Crippen molar-refractivity contribution in [3.05, 3.63) is 36.0 Å². The number of methoxy groups -OCH3 is 1. The molecular weight excluding hydrogens is 244 g/mol. The van der Waals surface area contributed by atoms with Crippen LogP contribution in [0.4, 0.5) is 0 Å². The fourth-order valence-corrected chi connectivity index (χ4v) is 2.07. The van der Waals surface area contributed by atoms with E-state index in [1.165, 1.54) is 7.11 Å². The van der Waals surface area contributed by atoms with Crippen LogP contribution in [0, 0.1) is 0 Å². The van der Waals surface area contributed by atoms with E-state index in [-0.39, 0.29) is 25.0 Å². The summed E-state index contributed by atoms with van der Waals surface area (Å²) in [6.45, 7) is 0.170. The molecule has 3 N–H and O–H groups in total. The topological polar surface area (TPSA) is 74.3 Å². The van der Waals surface area contributed by atoms with Crippen molar-refractivity contribution in [2.75, 3.05) is 20.3 Å². The predicted octanol–water partition coefficient (Wildman–Crippen LogP) is 0.834. The number of nitrogens with one attached hydrogen (secondary N) is 2. The predicted molar refractivity (Wildman–Crippen MR) is 72.9 cm³/mol. The molecule has 0 aliphatic rings. The van der Waals surface area contributed by atoms with Crippen molar-refractivity contribution >= 4 is 16.8 Å². The molecule has 1 heterocycles. The van der Waals surface area contributed by atoms with Crippen LogP contribution < -0.4 is 5.32 Å². The molecule has 1 amide bonds. The maximum Gasteiger partial charge on any atom is 0.224 e. The van der Waals surface area contributed by atoms with Gasteiger partial charge in [-0.15, -0.1) is 0 Å². The number of carbonyl (C=O) groups excluding carboxylic acids is 1. The molecule has 1 atom stereocenters. The van der Waals surface area contributed by atoms with Crippen LogP contribution in [-0.4, -0.2) is 42.4 Å². The Morgan fingerprint density at radius 1 is 1.47 bits per heavy atom. The van der Waals surface area contributed by atoms with Crippen LogP contribution in [0.15, 0.2) is 30.5 Å². The monoisotopic (exact) mass is 262 g/mol. The summed E-state index contributed by atoms with van der Waals surface area (Å²) in [7, 11) is 1.54. The highest BCUT2D eigenvalue weighted by atomic mass is 16.5. The molecule has 19 heavy (non-hydrogen) atoms. The summed E-state index contributed by atoms with van der Waals surface area (Å²) in [5, 5.41) is 12.9. The van der Waals surface area contributed by atoms with E-state index in [0.717, 1.165) is 16.5 Å². The Balaban J connectivity index is 2.02. The van der Waals surface area contributed by atoms with E-state index in [2.05, 4.69) is 10.3 Å². The van der Waals surface area contributed by atoms with Crippen LogP contribution >= 0.6 is 0 Å². The zero-order valence-electron chi connectivity index (χ0n) is 10.8. The van der Waals surface area contributed by atoms with Crippen LogP contribution in [0.1, 0.15) is 5.56 Å². The molecule has 102 valence electrons. The summed E-state index contributed by atoms with van der Waals surface area (Å²) in [4.78, 5) is 15.0. The van der Waals surface area contributed by atoms with Crippen LogP contribution in [0.5, 0.6) is 0 Å². The summed E-state index contributed by atoms with van der Waals surface area (Å²) >= 11 is 0. The van der Waals surface area contributed by atoms with E-state index >= 15 is 0 Å². The van der Waals surface area contributed by atoms with E-state index in [0.29, 0.717) is 6.61 Å². The first kappa shape index (κ1) is 13.6. The van der Waals surface area contributed by atoms with Crippen molar-refractivity contribution < 1.29 is 14.6 Å². The molecule has 0 saturated carbocycles. The first-order valence-corrected chi connectivity index (χ1v) is 6.18. The van der Waals surface area contributed by atoms with Gasteiger partial charge in [0.1, 0.15) is 0 Å². The Morgan fingerprint density at radius 3 is 3.00 bits per heavy atom. The van der Waals surface area contributed by atoms with Crippen molar-refractivity contribution in [2.24, 2.45) is 0 Å². The summed E-state index contributed by atoms with van der Waals surface area (Å²) in [5.74, 6) is -0.124. The van der Waals surface area contributed by atoms with E-state index in [1.807, 2.05) is 30.5 Å². The van der Waals surface area contributed by atoms with Gasteiger partial charge in [0.25, 0.3) is 0 Å². The van der Waals surface area contributed by atoms with Gasteiger partial charge in [-0.25, -0.2) is 0 Å². The molecular formula is C14H18N2O3. The highest BCUT2D eigenvalue weighted by Gasteiger charge is 2.13. The number of aromatic amines is 1. The standard InChI is InChI=1S/C14H18N2O3/c1-19-9-11(8-17)16-14(18)6-10-7-15-13-5-3-2-4-12(10)13/h2-5,7,11,15,17H,6,8-9H2,1H3,(H,16,18). The minimum atomic E-state index is -0.359. The third-order valence-corrected chi connectivity index (χ3v) is 2.98. The van der Waals surface area contributed by atoms with E-state index in [4.69, 9.17) is 9.84 Å². The molecule has 0 spiro atoms. The number of aliphatic hydroxyl groups is 1. The van der Waals surface area contributed by atoms with Gasteiger partial charge in [-0.1, -0.05) is 18.2 Å². The average molecular weight is 262 g/mol. The molecule has 5 nitrogen and oxygen atoms in total.